The summed E-state index contributed by atoms with van der Waals surface area (Å²) in [6.45, 7) is 2.98. The molecule has 0 aromatic heterocycles. The van der Waals surface area contributed by atoms with Crippen LogP contribution in [0.5, 0.6) is 5.75 Å². The fourth-order valence-electron chi connectivity index (χ4n) is 0.981. The molecule has 0 heterocycles. The largest absolute Gasteiger partial charge is 0.494 e. The van der Waals surface area contributed by atoms with Gasteiger partial charge in [0.05, 0.1) is 13.2 Å². The molecule has 0 aliphatic carbocycles. The molecule has 1 aromatic carbocycles. The van der Waals surface area contributed by atoms with Gasteiger partial charge in [0.25, 0.3) is 0 Å². The summed E-state index contributed by atoms with van der Waals surface area (Å²) in [7, 11) is 0. The van der Waals surface area contributed by atoms with E-state index < -0.39 is 0 Å². The molecule has 13 heavy (non-hydrogen) atoms. The van der Waals surface area contributed by atoms with Gasteiger partial charge in [-0.05, 0) is 24.6 Å². The van der Waals surface area contributed by atoms with Gasteiger partial charge in [-0.25, -0.2) is 9.79 Å². The van der Waals surface area contributed by atoms with Gasteiger partial charge in [-0.15, -0.1) is 0 Å². The van der Waals surface area contributed by atoms with Gasteiger partial charge in [-0.1, -0.05) is 12.1 Å². The molecule has 3 nitrogen and oxygen atoms in total. The van der Waals surface area contributed by atoms with Crippen molar-refractivity contribution in [2.45, 2.75) is 13.5 Å². The van der Waals surface area contributed by atoms with E-state index in [4.69, 9.17) is 4.74 Å². The molecule has 0 radical (unpaired) electrons. The van der Waals surface area contributed by atoms with Crippen LogP contribution in [0.3, 0.4) is 0 Å². The predicted octanol–water partition coefficient (Wildman–Crippen LogP) is 1.92. The molecule has 0 fully saturated rings. The van der Waals surface area contributed by atoms with Crippen LogP contribution in [0.2, 0.25) is 0 Å². The van der Waals surface area contributed by atoms with Crippen LogP contribution in [0, 0.1) is 0 Å². The van der Waals surface area contributed by atoms with E-state index in [0.29, 0.717) is 13.2 Å². The molecule has 0 aliphatic rings. The molecular formula is C10H11NO2. The molecule has 0 bridgehead atoms. The van der Waals surface area contributed by atoms with Crippen molar-refractivity contribution in [1.82, 2.24) is 0 Å². The van der Waals surface area contributed by atoms with Crippen LogP contribution in [0.4, 0.5) is 0 Å². The molecule has 0 N–H and O–H groups in total. The Hall–Kier alpha value is -1.60. The highest BCUT2D eigenvalue weighted by molar-refractivity contribution is 5.34. The molecule has 3 heteroatoms. The second-order valence-electron chi connectivity index (χ2n) is 2.48. The SMILES string of the molecule is CCOc1ccc(CN=C=O)cc1. The van der Waals surface area contributed by atoms with Crippen molar-refractivity contribution in [2.24, 2.45) is 4.99 Å². The molecular weight excluding hydrogens is 166 g/mol. The zero-order chi connectivity index (χ0) is 9.52. The minimum atomic E-state index is 0.385. The number of isocyanates is 1. The van der Waals surface area contributed by atoms with Gasteiger partial charge in [-0.3, -0.25) is 0 Å². The Balaban J connectivity index is 2.63. The number of nitrogens with zero attached hydrogens (tertiary/aromatic N) is 1. The maximum atomic E-state index is 9.83. The van der Waals surface area contributed by atoms with Crippen molar-refractivity contribution in [1.29, 1.82) is 0 Å². The van der Waals surface area contributed by atoms with E-state index in [1.54, 1.807) is 0 Å². The number of ether oxygens (including phenoxy) is 1. The Morgan fingerprint density at radius 1 is 1.38 bits per heavy atom. The highest BCUT2D eigenvalue weighted by Gasteiger charge is 1.92. The van der Waals surface area contributed by atoms with Gasteiger partial charge in [0.15, 0.2) is 0 Å². The van der Waals surface area contributed by atoms with Crippen molar-refractivity contribution in [3.63, 3.8) is 0 Å². The van der Waals surface area contributed by atoms with Crippen LogP contribution >= 0.6 is 0 Å². The molecule has 0 unspecified atom stereocenters. The lowest BCUT2D eigenvalue weighted by Gasteiger charge is -2.02. The number of hydrogen-bond acceptors (Lipinski definition) is 3. The van der Waals surface area contributed by atoms with E-state index in [-0.39, 0.29) is 0 Å². The van der Waals surface area contributed by atoms with Crippen LogP contribution in [0.1, 0.15) is 12.5 Å². The Labute approximate surface area is 77.1 Å². The Morgan fingerprint density at radius 2 is 2.08 bits per heavy atom. The highest BCUT2D eigenvalue weighted by Crippen LogP contribution is 2.12. The quantitative estimate of drug-likeness (QED) is 0.520. The fraction of sp³-hybridized carbons (Fsp3) is 0.300. The summed E-state index contributed by atoms with van der Waals surface area (Å²) in [6, 6.07) is 7.48. The zero-order valence-corrected chi connectivity index (χ0v) is 7.49. The summed E-state index contributed by atoms with van der Waals surface area (Å²) in [5.41, 5.74) is 0.979. The standard InChI is InChI=1S/C10H11NO2/c1-2-13-10-5-3-9(4-6-10)7-11-8-12/h3-6H,2,7H2,1H3. The van der Waals surface area contributed by atoms with E-state index in [9.17, 15) is 4.79 Å². The first kappa shape index (κ1) is 9.49. The summed E-state index contributed by atoms with van der Waals surface area (Å²) in [5, 5.41) is 0. The molecule has 1 rings (SSSR count). The lowest BCUT2D eigenvalue weighted by molar-refractivity contribution is 0.340. The molecule has 0 aliphatic heterocycles. The third kappa shape index (κ3) is 3.09. The van der Waals surface area contributed by atoms with E-state index in [0.717, 1.165) is 11.3 Å². The summed E-state index contributed by atoms with van der Waals surface area (Å²) < 4.78 is 5.26. The van der Waals surface area contributed by atoms with Crippen LogP contribution < -0.4 is 4.74 Å². The smallest absolute Gasteiger partial charge is 0.235 e. The summed E-state index contributed by atoms with van der Waals surface area (Å²) in [6.07, 6.45) is 1.50. The fourth-order valence-corrected chi connectivity index (χ4v) is 0.981. The molecule has 0 atom stereocenters. The lowest BCUT2D eigenvalue weighted by Crippen LogP contribution is -1.91. The van der Waals surface area contributed by atoms with Crippen molar-refractivity contribution >= 4 is 6.08 Å². The summed E-state index contributed by atoms with van der Waals surface area (Å²) >= 11 is 0. The second-order valence-corrected chi connectivity index (χ2v) is 2.48. The first-order valence-corrected chi connectivity index (χ1v) is 4.12. The molecule has 0 amide bonds. The first-order chi connectivity index (χ1) is 6.36. The Bertz CT molecular complexity index is 299. The lowest BCUT2D eigenvalue weighted by atomic mass is 10.2. The molecule has 68 valence electrons. The Morgan fingerprint density at radius 3 is 2.62 bits per heavy atom. The zero-order valence-electron chi connectivity index (χ0n) is 7.49. The second kappa shape index (κ2) is 5.12. The topological polar surface area (TPSA) is 38.7 Å². The van der Waals surface area contributed by atoms with Crippen molar-refractivity contribution in [2.75, 3.05) is 6.61 Å². The first-order valence-electron chi connectivity index (χ1n) is 4.12. The normalized spacial score (nSPS) is 9.00. The van der Waals surface area contributed by atoms with E-state index >= 15 is 0 Å². The van der Waals surface area contributed by atoms with Gasteiger partial charge < -0.3 is 4.74 Å². The highest BCUT2D eigenvalue weighted by atomic mass is 16.5. The maximum absolute atomic E-state index is 9.83. The van der Waals surface area contributed by atoms with Gasteiger partial charge in [0, 0.05) is 0 Å². The van der Waals surface area contributed by atoms with E-state index in [1.165, 1.54) is 6.08 Å². The minimum Gasteiger partial charge on any atom is -0.494 e. The van der Waals surface area contributed by atoms with Gasteiger partial charge >= 0.3 is 0 Å². The van der Waals surface area contributed by atoms with E-state index in [2.05, 4.69) is 4.99 Å². The average molecular weight is 177 g/mol. The third-order valence-corrected chi connectivity index (χ3v) is 1.56. The van der Waals surface area contributed by atoms with E-state index in [1.807, 2.05) is 31.2 Å². The average Bonchev–Trinajstić information content (AvgIpc) is 2.17. The molecule has 1 aromatic rings. The number of aliphatic imine (C=N–C) groups is 1. The van der Waals surface area contributed by atoms with Crippen molar-refractivity contribution in [3.05, 3.63) is 29.8 Å². The monoisotopic (exact) mass is 177 g/mol. The van der Waals surface area contributed by atoms with Gasteiger partial charge in [0.1, 0.15) is 5.75 Å². The van der Waals surface area contributed by atoms with Crippen LogP contribution in [-0.4, -0.2) is 12.7 Å². The number of benzene rings is 1. The van der Waals surface area contributed by atoms with Crippen LogP contribution in [0.15, 0.2) is 29.3 Å². The minimum absolute atomic E-state index is 0.385. The molecule has 0 saturated carbocycles. The number of hydrogen-bond donors (Lipinski definition) is 0. The van der Waals surface area contributed by atoms with Gasteiger partial charge in [-0.2, -0.15) is 0 Å². The number of carbonyl (C=O) groups excluding carboxylic acids is 1. The maximum Gasteiger partial charge on any atom is 0.235 e. The number of rotatable bonds is 4. The molecule has 0 spiro atoms. The Kier molecular flexibility index (Phi) is 3.74. The predicted molar refractivity (Wildman–Crippen MR) is 49.4 cm³/mol. The van der Waals surface area contributed by atoms with Crippen molar-refractivity contribution in [3.8, 4) is 5.75 Å². The summed E-state index contributed by atoms with van der Waals surface area (Å²) in [5.74, 6) is 0.835. The third-order valence-electron chi connectivity index (χ3n) is 1.56. The summed E-state index contributed by atoms with van der Waals surface area (Å²) in [4.78, 5) is 13.3. The van der Waals surface area contributed by atoms with Gasteiger partial charge in [0.2, 0.25) is 6.08 Å². The van der Waals surface area contributed by atoms with Crippen LogP contribution in [0.25, 0.3) is 0 Å². The van der Waals surface area contributed by atoms with Crippen molar-refractivity contribution < 1.29 is 9.53 Å². The molecule has 0 saturated heterocycles. The van der Waals surface area contributed by atoms with Crippen LogP contribution in [-0.2, 0) is 11.3 Å².